The van der Waals surface area contributed by atoms with Gasteiger partial charge in [-0.15, -0.1) is 5.10 Å². The SMILES string of the molecule is c1ccc(C(c2ccco2)n2nnc3ccccc32)cc1. The number of aromatic nitrogens is 3. The number of nitrogens with zero attached hydrogens (tertiary/aromatic N) is 3. The van der Waals surface area contributed by atoms with E-state index >= 15 is 0 Å². The fraction of sp³-hybridized carbons (Fsp3) is 0.0588. The van der Waals surface area contributed by atoms with Crippen LogP contribution < -0.4 is 0 Å². The summed E-state index contributed by atoms with van der Waals surface area (Å²) < 4.78 is 7.54. The first-order valence-corrected chi connectivity index (χ1v) is 6.82. The number of furan rings is 1. The van der Waals surface area contributed by atoms with Crippen LogP contribution >= 0.6 is 0 Å². The zero-order valence-corrected chi connectivity index (χ0v) is 11.3. The van der Waals surface area contributed by atoms with Gasteiger partial charge >= 0.3 is 0 Å². The predicted octanol–water partition coefficient (Wildman–Crippen LogP) is 3.66. The highest BCUT2D eigenvalue weighted by Gasteiger charge is 2.22. The molecule has 21 heavy (non-hydrogen) atoms. The number of para-hydroxylation sites is 1. The third-order valence-electron chi connectivity index (χ3n) is 3.55. The average Bonchev–Trinajstić information content (AvgIpc) is 3.20. The van der Waals surface area contributed by atoms with Crippen LogP contribution in [0.2, 0.25) is 0 Å². The summed E-state index contributed by atoms with van der Waals surface area (Å²) in [5, 5.41) is 8.58. The summed E-state index contributed by atoms with van der Waals surface area (Å²) in [5.41, 5.74) is 2.98. The van der Waals surface area contributed by atoms with E-state index in [0.717, 1.165) is 22.4 Å². The number of rotatable bonds is 3. The lowest BCUT2D eigenvalue weighted by molar-refractivity contribution is 0.442. The van der Waals surface area contributed by atoms with Gasteiger partial charge in [0.15, 0.2) is 0 Å². The normalized spacial score (nSPS) is 12.6. The molecule has 4 rings (SSSR count). The Balaban J connectivity index is 1.95. The molecule has 4 aromatic rings. The lowest BCUT2D eigenvalue weighted by Gasteiger charge is -2.16. The second kappa shape index (κ2) is 4.90. The van der Waals surface area contributed by atoms with Crippen LogP contribution in [0.15, 0.2) is 77.4 Å². The van der Waals surface area contributed by atoms with E-state index < -0.39 is 0 Å². The summed E-state index contributed by atoms with van der Waals surface area (Å²) in [7, 11) is 0. The maximum Gasteiger partial charge on any atom is 0.137 e. The van der Waals surface area contributed by atoms with Gasteiger partial charge in [0.1, 0.15) is 17.3 Å². The lowest BCUT2D eigenvalue weighted by atomic mass is 10.0. The zero-order chi connectivity index (χ0) is 14.1. The average molecular weight is 275 g/mol. The third kappa shape index (κ3) is 2.01. The van der Waals surface area contributed by atoms with Crippen LogP contribution in [0.1, 0.15) is 17.4 Å². The van der Waals surface area contributed by atoms with Crippen molar-refractivity contribution in [3.63, 3.8) is 0 Å². The molecule has 0 saturated carbocycles. The quantitative estimate of drug-likeness (QED) is 0.573. The Morgan fingerprint density at radius 1 is 0.857 bits per heavy atom. The molecule has 0 bridgehead atoms. The standard InChI is InChI=1S/C17H13N3O/c1-2-7-13(8-3-1)17(16-11-6-12-21-16)20-15-10-5-4-9-14(15)18-19-20/h1-12,17H. The van der Waals surface area contributed by atoms with Gasteiger partial charge in [0.2, 0.25) is 0 Å². The second-order valence-corrected chi connectivity index (χ2v) is 4.85. The fourth-order valence-electron chi connectivity index (χ4n) is 2.59. The molecule has 2 aromatic carbocycles. The Labute approximate surface area is 121 Å². The predicted molar refractivity (Wildman–Crippen MR) is 79.9 cm³/mol. The largest absolute Gasteiger partial charge is 0.467 e. The topological polar surface area (TPSA) is 43.9 Å². The Morgan fingerprint density at radius 3 is 2.48 bits per heavy atom. The van der Waals surface area contributed by atoms with Crippen molar-refractivity contribution < 1.29 is 4.42 Å². The summed E-state index contributed by atoms with van der Waals surface area (Å²) in [6, 6.07) is 21.9. The van der Waals surface area contributed by atoms with Gasteiger partial charge in [0, 0.05) is 0 Å². The third-order valence-corrected chi connectivity index (χ3v) is 3.55. The lowest BCUT2D eigenvalue weighted by Crippen LogP contribution is -2.13. The molecule has 0 aliphatic carbocycles. The first-order valence-electron chi connectivity index (χ1n) is 6.82. The van der Waals surface area contributed by atoms with Crippen LogP contribution in [0.3, 0.4) is 0 Å². The minimum atomic E-state index is -0.117. The molecule has 2 heterocycles. The van der Waals surface area contributed by atoms with Crippen LogP contribution in [-0.4, -0.2) is 15.0 Å². The maximum absolute atomic E-state index is 5.63. The van der Waals surface area contributed by atoms with E-state index in [0.29, 0.717) is 0 Å². The Hall–Kier alpha value is -2.88. The van der Waals surface area contributed by atoms with E-state index in [9.17, 15) is 0 Å². The van der Waals surface area contributed by atoms with Crippen molar-refractivity contribution in [3.05, 3.63) is 84.3 Å². The van der Waals surface area contributed by atoms with Crippen LogP contribution in [0.25, 0.3) is 11.0 Å². The summed E-state index contributed by atoms with van der Waals surface area (Å²) in [4.78, 5) is 0. The van der Waals surface area contributed by atoms with E-state index in [-0.39, 0.29) is 6.04 Å². The Kier molecular flexibility index (Phi) is 2.78. The van der Waals surface area contributed by atoms with Crippen molar-refractivity contribution in [1.29, 1.82) is 0 Å². The number of fused-ring (bicyclic) bond motifs is 1. The maximum atomic E-state index is 5.63. The van der Waals surface area contributed by atoms with Gasteiger partial charge in [-0.05, 0) is 29.8 Å². The van der Waals surface area contributed by atoms with Crippen molar-refractivity contribution in [2.24, 2.45) is 0 Å². The molecule has 0 aliphatic rings. The molecule has 4 nitrogen and oxygen atoms in total. The van der Waals surface area contributed by atoms with Crippen molar-refractivity contribution in [3.8, 4) is 0 Å². The van der Waals surface area contributed by atoms with Crippen LogP contribution in [0, 0.1) is 0 Å². The van der Waals surface area contributed by atoms with Crippen molar-refractivity contribution in [2.45, 2.75) is 6.04 Å². The van der Waals surface area contributed by atoms with E-state index in [1.54, 1.807) is 6.26 Å². The molecule has 1 unspecified atom stereocenters. The van der Waals surface area contributed by atoms with Crippen molar-refractivity contribution >= 4 is 11.0 Å². The highest BCUT2D eigenvalue weighted by molar-refractivity contribution is 5.74. The highest BCUT2D eigenvalue weighted by atomic mass is 16.3. The van der Waals surface area contributed by atoms with E-state index in [2.05, 4.69) is 22.4 Å². The zero-order valence-electron chi connectivity index (χ0n) is 11.3. The van der Waals surface area contributed by atoms with E-state index in [1.165, 1.54) is 0 Å². The molecule has 0 amide bonds. The summed E-state index contributed by atoms with van der Waals surface area (Å²) in [5.74, 6) is 0.844. The molecular weight excluding hydrogens is 262 g/mol. The van der Waals surface area contributed by atoms with Gasteiger partial charge < -0.3 is 4.42 Å². The van der Waals surface area contributed by atoms with Gasteiger partial charge in [0.25, 0.3) is 0 Å². The van der Waals surface area contributed by atoms with Gasteiger partial charge in [-0.1, -0.05) is 47.7 Å². The molecule has 0 N–H and O–H groups in total. The molecule has 0 spiro atoms. The molecule has 102 valence electrons. The van der Waals surface area contributed by atoms with Gasteiger partial charge in [-0.25, -0.2) is 4.68 Å². The van der Waals surface area contributed by atoms with E-state index in [4.69, 9.17) is 4.42 Å². The Bertz CT molecular complexity index is 850. The minimum absolute atomic E-state index is 0.117. The fourth-order valence-corrected chi connectivity index (χ4v) is 2.59. The van der Waals surface area contributed by atoms with Crippen LogP contribution in [-0.2, 0) is 0 Å². The summed E-state index contributed by atoms with van der Waals surface area (Å²) >= 11 is 0. The van der Waals surface area contributed by atoms with Crippen LogP contribution in [0.4, 0.5) is 0 Å². The minimum Gasteiger partial charge on any atom is -0.467 e. The first-order chi connectivity index (χ1) is 10.4. The molecular formula is C17H13N3O. The summed E-state index contributed by atoms with van der Waals surface area (Å²) in [6.07, 6.45) is 1.68. The van der Waals surface area contributed by atoms with Gasteiger partial charge in [-0.3, -0.25) is 0 Å². The molecule has 0 saturated heterocycles. The summed E-state index contributed by atoms with van der Waals surface area (Å²) in [6.45, 7) is 0. The molecule has 0 aliphatic heterocycles. The second-order valence-electron chi connectivity index (χ2n) is 4.85. The number of benzene rings is 2. The van der Waals surface area contributed by atoms with Gasteiger partial charge in [0.05, 0.1) is 11.8 Å². The highest BCUT2D eigenvalue weighted by Crippen LogP contribution is 2.28. The molecule has 1 atom stereocenters. The van der Waals surface area contributed by atoms with Crippen molar-refractivity contribution in [1.82, 2.24) is 15.0 Å². The monoisotopic (exact) mass is 275 g/mol. The Morgan fingerprint density at radius 2 is 1.67 bits per heavy atom. The first kappa shape index (κ1) is 11.9. The number of hydrogen-bond acceptors (Lipinski definition) is 3. The van der Waals surface area contributed by atoms with Gasteiger partial charge in [-0.2, -0.15) is 0 Å². The molecule has 0 fully saturated rings. The molecule has 2 aromatic heterocycles. The molecule has 0 radical (unpaired) electrons. The van der Waals surface area contributed by atoms with Crippen LogP contribution in [0.5, 0.6) is 0 Å². The van der Waals surface area contributed by atoms with Crippen molar-refractivity contribution in [2.75, 3.05) is 0 Å². The molecule has 4 heteroatoms. The smallest absolute Gasteiger partial charge is 0.137 e. The van der Waals surface area contributed by atoms with E-state index in [1.807, 2.05) is 59.3 Å². The number of hydrogen-bond donors (Lipinski definition) is 0.